The molecule has 30 heavy (non-hydrogen) atoms. The van der Waals surface area contributed by atoms with Crippen molar-refractivity contribution >= 4 is 34.8 Å². The molecule has 1 aliphatic heterocycles. The molecule has 0 bridgehead atoms. The van der Waals surface area contributed by atoms with Gasteiger partial charge in [0, 0.05) is 17.7 Å². The molecule has 0 aliphatic carbocycles. The lowest BCUT2D eigenvalue weighted by Crippen LogP contribution is -2.26. The van der Waals surface area contributed by atoms with Crippen molar-refractivity contribution in [1.82, 2.24) is 0 Å². The zero-order valence-electron chi connectivity index (χ0n) is 16.6. The summed E-state index contributed by atoms with van der Waals surface area (Å²) in [7, 11) is 0. The van der Waals surface area contributed by atoms with Crippen molar-refractivity contribution in [3.05, 3.63) is 94.3 Å². The number of nitrogens with zero attached hydrogens (tertiary/aromatic N) is 1. The van der Waals surface area contributed by atoms with E-state index >= 15 is 0 Å². The third-order valence-electron chi connectivity index (χ3n) is 4.98. The first-order chi connectivity index (χ1) is 14.6. The number of hydrogen-bond donors (Lipinski definition) is 0. The van der Waals surface area contributed by atoms with Crippen LogP contribution in [0.25, 0.3) is 11.6 Å². The summed E-state index contributed by atoms with van der Waals surface area (Å²) in [6, 6.07) is 19.4. The van der Waals surface area contributed by atoms with E-state index < -0.39 is 0 Å². The predicted molar refractivity (Wildman–Crippen MR) is 119 cm³/mol. The third kappa shape index (κ3) is 4.10. The molecule has 0 radical (unpaired) electrons. The minimum absolute atomic E-state index is 0.00538. The summed E-state index contributed by atoms with van der Waals surface area (Å²) < 4.78 is 18.8. The molecule has 3 nitrogen and oxygen atoms in total. The highest BCUT2D eigenvalue weighted by Gasteiger charge is 2.31. The molecule has 0 aromatic heterocycles. The van der Waals surface area contributed by atoms with Crippen molar-refractivity contribution in [2.75, 3.05) is 11.4 Å². The first-order valence-electron chi connectivity index (χ1n) is 9.86. The Bertz CT molecular complexity index is 1110. The molecule has 152 valence electrons. The molecule has 4 rings (SSSR count). The molecule has 1 amide bonds. The molecule has 3 aromatic rings. The Labute approximate surface area is 180 Å². The smallest absolute Gasteiger partial charge is 0.258 e. The molecule has 3 aromatic carbocycles. The van der Waals surface area contributed by atoms with Gasteiger partial charge in [0.25, 0.3) is 5.91 Å². The number of fused-ring (bicyclic) bond motifs is 1. The fraction of sp³-hybridized carbons (Fsp3) is 0.160. The Morgan fingerprint density at radius 1 is 1.07 bits per heavy atom. The van der Waals surface area contributed by atoms with Gasteiger partial charge in [-0.15, -0.1) is 0 Å². The summed E-state index contributed by atoms with van der Waals surface area (Å²) in [6.07, 6.45) is 2.76. The Morgan fingerprint density at radius 3 is 2.57 bits per heavy atom. The van der Waals surface area contributed by atoms with Crippen LogP contribution in [0.3, 0.4) is 0 Å². The van der Waals surface area contributed by atoms with Gasteiger partial charge in [-0.05, 0) is 54.0 Å². The maximum absolute atomic E-state index is 13.0. The molecular weight excluding hydrogens is 401 g/mol. The number of hydrogen-bond acceptors (Lipinski definition) is 2. The van der Waals surface area contributed by atoms with Gasteiger partial charge < -0.3 is 9.64 Å². The molecule has 1 aliphatic rings. The van der Waals surface area contributed by atoms with Gasteiger partial charge in [-0.25, -0.2) is 4.39 Å². The average molecular weight is 422 g/mol. The van der Waals surface area contributed by atoms with Gasteiger partial charge >= 0.3 is 0 Å². The van der Waals surface area contributed by atoms with E-state index in [4.69, 9.17) is 16.3 Å². The number of carbonyl (C=O) groups is 1. The van der Waals surface area contributed by atoms with Gasteiger partial charge in [0.05, 0.1) is 10.7 Å². The lowest BCUT2D eigenvalue weighted by atomic mass is 10.0. The van der Waals surface area contributed by atoms with Crippen LogP contribution in [0.5, 0.6) is 5.75 Å². The summed E-state index contributed by atoms with van der Waals surface area (Å²) in [5.41, 5.74) is 4.22. The van der Waals surface area contributed by atoms with Gasteiger partial charge in [0.15, 0.2) is 0 Å². The average Bonchev–Trinajstić information content (AvgIpc) is 3.01. The van der Waals surface area contributed by atoms with Gasteiger partial charge in [-0.2, -0.15) is 0 Å². The normalized spacial score (nSPS) is 14.3. The van der Waals surface area contributed by atoms with Crippen LogP contribution in [0.2, 0.25) is 5.02 Å². The van der Waals surface area contributed by atoms with Crippen LogP contribution in [0, 0.1) is 5.82 Å². The van der Waals surface area contributed by atoms with E-state index in [2.05, 4.69) is 6.92 Å². The van der Waals surface area contributed by atoms with Crippen LogP contribution in [-0.2, 0) is 11.4 Å². The van der Waals surface area contributed by atoms with Crippen LogP contribution >= 0.6 is 11.6 Å². The number of benzene rings is 3. The third-order valence-corrected chi connectivity index (χ3v) is 5.28. The largest absolute Gasteiger partial charge is 0.487 e. The Morgan fingerprint density at radius 2 is 1.83 bits per heavy atom. The Balaban J connectivity index is 1.56. The van der Waals surface area contributed by atoms with E-state index in [-0.39, 0.29) is 18.3 Å². The zero-order valence-corrected chi connectivity index (χ0v) is 17.3. The lowest BCUT2D eigenvalue weighted by molar-refractivity contribution is -0.113. The second-order valence-electron chi connectivity index (χ2n) is 7.14. The second kappa shape index (κ2) is 8.72. The SMILES string of the molecule is CCCN1C(=O)/C(=C\c2ccc(OCc3ccc(F)cc3)c(Cl)c2)c2ccccc21. The van der Waals surface area contributed by atoms with E-state index in [0.717, 1.165) is 28.8 Å². The van der Waals surface area contributed by atoms with E-state index in [1.165, 1.54) is 12.1 Å². The number of rotatable bonds is 6. The molecular formula is C25H21ClFNO2. The molecule has 0 saturated carbocycles. The van der Waals surface area contributed by atoms with Crippen molar-refractivity contribution in [3.63, 3.8) is 0 Å². The highest BCUT2D eigenvalue weighted by atomic mass is 35.5. The van der Waals surface area contributed by atoms with Gasteiger partial charge in [0.1, 0.15) is 18.2 Å². The molecule has 0 N–H and O–H groups in total. The quantitative estimate of drug-likeness (QED) is 0.433. The van der Waals surface area contributed by atoms with Crippen LogP contribution in [-0.4, -0.2) is 12.5 Å². The molecule has 1 heterocycles. The lowest BCUT2D eigenvalue weighted by Gasteiger charge is -2.15. The molecule has 0 saturated heterocycles. The summed E-state index contributed by atoms with van der Waals surface area (Å²) >= 11 is 6.41. The minimum atomic E-state index is -0.283. The van der Waals surface area contributed by atoms with Gasteiger partial charge in [0.2, 0.25) is 0 Å². The van der Waals surface area contributed by atoms with Crippen molar-refractivity contribution in [3.8, 4) is 5.75 Å². The minimum Gasteiger partial charge on any atom is -0.487 e. The van der Waals surface area contributed by atoms with E-state index in [0.29, 0.717) is 22.9 Å². The maximum Gasteiger partial charge on any atom is 0.258 e. The number of para-hydroxylation sites is 1. The van der Waals surface area contributed by atoms with E-state index in [1.54, 1.807) is 24.3 Å². The predicted octanol–water partition coefficient (Wildman–Crippen LogP) is 6.36. The summed E-state index contributed by atoms with van der Waals surface area (Å²) in [5.74, 6) is 0.259. The number of anilines is 1. The van der Waals surface area contributed by atoms with Crippen LogP contribution in [0.15, 0.2) is 66.7 Å². The number of carbonyl (C=O) groups excluding carboxylic acids is 1. The standard InChI is InChI=1S/C25H21ClFNO2/c1-2-13-28-23-6-4-3-5-20(23)21(25(28)29)14-18-9-12-24(22(26)15-18)30-16-17-7-10-19(27)11-8-17/h3-12,14-15H,2,13,16H2,1H3/b21-14-. The van der Waals surface area contributed by atoms with Gasteiger partial charge in [-0.1, -0.05) is 54.9 Å². The second-order valence-corrected chi connectivity index (χ2v) is 7.54. The summed E-state index contributed by atoms with van der Waals surface area (Å²) in [5, 5.41) is 0.454. The molecule has 5 heteroatoms. The monoisotopic (exact) mass is 421 g/mol. The molecule has 0 fully saturated rings. The Kier molecular flexibility index (Phi) is 5.86. The molecule has 0 atom stereocenters. The van der Waals surface area contributed by atoms with Crippen LogP contribution in [0.4, 0.5) is 10.1 Å². The summed E-state index contributed by atoms with van der Waals surface area (Å²) in [6.45, 7) is 3.03. The van der Waals surface area contributed by atoms with Crippen molar-refractivity contribution < 1.29 is 13.9 Å². The summed E-state index contributed by atoms with van der Waals surface area (Å²) in [4.78, 5) is 14.8. The van der Waals surface area contributed by atoms with Crippen molar-refractivity contribution in [2.24, 2.45) is 0 Å². The van der Waals surface area contributed by atoms with Crippen molar-refractivity contribution in [2.45, 2.75) is 20.0 Å². The number of ether oxygens (including phenoxy) is 1. The molecule has 0 unspecified atom stereocenters. The van der Waals surface area contributed by atoms with Gasteiger partial charge in [-0.3, -0.25) is 4.79 Å². The molecule has 0 spiro atoms. The maximum atomic E-state index is 13.0. The van der Waals surface area contributed by atoms with E-state index in [1.807, 2.05) is 41.3 Å². The van der Waals surface area contributed by atoms with Crippen LogP contribution in [0.1, 0.15) is 30.0 Å². The fourth-order valence-corrected chi connectivity index (χ4v) is 3.77. The number of halogens is 2. The highest BCUT2D eigenvalue weighted by molar-refractivity contribution is 6.36. The highest BCUT2D eigenvalue weighted by Crippen LogP contribution is 2.38. The topological polar surface area (TPSA) is 29.5 Å². The zero-order chi connectivity index (χ0) is 21.1. The van der Waals surface area contributed by atoms with Crippen molar-refractivity contribution in [1.29, 1.82) is 0 Å². The van der Waals surface area contributed by atoms with Crippen LogP contribution < -0.4 is 9.64 Å². The van der Waals surface area contributed by atoms with E-state index in [9.17, 15) is 9.18 Å². The Hall–Kier alpha value is -3.11. The fourth-order valence-electron chi connectivity index (χ4n) is 3.52. The number of amides is 1. The first-order valence-corrected chi connectivity index (χ1v) is 10.2. The first kappa shape index (κ1) is 20.2.